The van der Waals surface area contributed by atoms with Crippen molar-refractivity contribution in [3.05, 3.63) is 28.9 Å². The summed E-state index contributed by atoms with van der Waals surface area (Å²) >= 11 is 0. The quantitative estimate of drug-likeness (QED) is 0.806. The highest BCUT2D eigenvalue weighted by Crippen LogP contribution is 2.51. The Labute approximate surface area is 128 Å². The van der Waals surface area contributed by atoms with Gasteiger partial charge in [-0.15, -0.1) is 0 Å². The maximum Gasteiger partial charge on any atom is 0.348 e. The van der Waals surface area contributed by atoms with E-state index in [1.807, 2.05) is 20.8 Å². The second-order valence-corrected chi connectivity index (χ2v) is 6.54. The number of hydrogen-bond acceptors (Lipinski definition) is 6. The van der Waals surface area contributed by atoms with Crippen LogP contribution in [0, 0.1) is 0 Å². The highest BCUT2D eigenvalue weighted by atomic mass is 16.8. The highest BCUT2D eigenvalue weighted by molar-refractivity contribution is 5.09. The highest BCUT2D eigenvalue weighted by Gasteiger charge is 2.65. The molecule has 0 saturated carbocycles. The van der Waals surface area contributed by atoms with Crippen LogP contribution >= 0.6 is 0 Å². The van der Waals surface area contributed by atoms with Crippen LogP contribution in [0.3, 0.4) is 0 Å². The van der Waals surface area contributed by atoms with Gasteiger partial charge in [0.15, 0.2) is 12.1 Å². The average Bonchev–Trinajstić information content (AvgIpc) is 3.02. The molecule has 0 amide bonds. The van der Waals surface area contributed by atoms with Gasteiger partial charge < -0.3 is 18.9 Å². The SMILES string of the molecule is CC[C@@]12COC(O1)[C@H](n1cccnc1=O)C1OC(C)(C)O[C@H]12. The molecule has 4 heterocycles. The first-order valence-electron chi connectivity index (χ1n) is 7.64. The van der Waals surface area contributed by atoms with E-state index in [0.29, 0.717) is 6.61 Å². The lowest BCUT2D eigenvalue weighted by molar-refractivity contribution is -0.206. The van der Waals surface area contributed by atoms with Crippen molar-refractivity contribution in [2.24, 2.45) is 0 Å². The fraction of sp³-hybridized carbons (Fsp3) is 0.733. The number of hydrogen-bond donors (Lipinski definition) is 0. The van der Waals surface area contributed by atoms with Gasteiger partial charge in [0.2, 0.25) is 0 Å². The van der Waals surface area contributed by atoms with Gasteiger partial charge in [0.05, 0.1) is 6.61 Å². The van der Waals surface area contributed by atoms with Crippen molar-refractivity contribution >= 4 is 0 Å². The van der Waals surface area contributed by atoms with E-state index in [4.69, 9.17) is 18.9 Å². The number of ether oxygens (including phenoxy) is 4. The molecule has 0 aliphatic carbocycles. The normalized spacial score (nSPS) is 42.3. The van der Waals surface area contributed by atoms with Gasteiger partial charge in [-0.2, -0.15) is 0 Å². The summed E-state index contributed by atoms with van der Waals surface area (Å²) in [6.45, 7) is 6.26. The molecule has 0 N–H and O–H groups in total. The molecule has 2 bridgehead atoms. The Morgan fingerprint density at radius 2 is 2.18 bits per heavy atom. The van der Waals surface area contributed by atoms with E-state index >= 15 is 0 Å². The first-order valence-corrected chi connectivity index (χ1v) is 7.64. The predicted octanol–water partition coefficient (Wildman–Crippen LogP) is 0.840. The molecular weight excluding hydrogens is 288 g/mol. The molecule has 3 saturated heterocycles. The van der Waals surface area contributed by atoms with Crippen molar-refractivity contribution in [1.82, 2.24) is 9.55 Å². The van der Waals surface area contributed by atoms with Crippen molar-refractivity contribution in [2.75, 3.05) is 6.61 Å². The minimum atomic E-state index is -0.713. The molecule has 3 aliphatic heterocycles. The molecule has 7 nitrogen and oxygen atoms in total. The number of rotatable bonds is 2. The molecule has 0 spiro atoms. The Morgan fingerprint density at radius 3 is 2.91 bits per heavy atom. The van der Waals surface area contributed by atoms with E-state index in [1.54, 1.807) is 12.3 Å². The Morgan fingerprint density at radius 1 is 1.36 bits per heavy atom. The lowest BCUT2D eigenvalue weighted by atomic mass is 9.86. The van der Waals surface area contributed by atoms with E-state index < -0.39 is 23.7 Å². The van der Waals surface area contributed by atoms with Crippen LogP contribution in [0.15, 0.2) is 23.3 Å². The zero-order valence-corrected chi connectivity index (χ0v) is 12.9. The zero-order valence-electron chi connectivity index (χ0n) is 12.9. The molecule has 1 aromatic heterocycles. The summed E-state index contributed by atoms with van der Waals surface area (Å²) in [7, 11) is 0. The van der Waals surface area contributed by atoms with Crippen molar-refractivity contribution in [2.45, 2.75) is 63.1 Å². The molecule has 0 aromatic carbocycles. The third-order valence-electron chi connectivity index (χ3n) is 4.76. The van der Waals surface area contributed by atoms with Crippen molar-refractivity contribution in [1.29, 1.82) is 0 Å². The zero-order chi connectivity index (χ0) is 15.5. The maximum atomic E-state index is 12.1. The second kappa shape index (κ2) is 4.61. The third kappa shape index (κ3) is 1.89. The molecule has 0 radical (unpaired) electrons. The molecule has 1 aromatic rings. The smallest absolute Gasteiger partial charge is 0.347 e. The molecule has 5 atom stereocenters. The minimum Gasteiger partial charge on any atom is -0.347 e. The molecule has 120 valence electrons. The largest absolute Gasteiger partial charge is 0.348 e. The Balaban J connectivity index is 1.81. The fourth-order valence-electron chi connectivity index (χ4n) is 3.71. The summed E-state index contributed by atoms with van der Waals surface area (Å²) in [6, 6.07) is 1.31. The number of fused-ring (bicyclic) bond motifs is 4. The van der Waals surface area contributed by atoms with Crippen LogP contribution in [0.4, 0.5) is 0 Å². The fourth-order valence-corrected chi connectivity index (χ4v) is 3.71. The summed E-state index contributed by atoms with van der Waals surface area (Å²) in [4.78, 5) is 16.0. The average molecular weight is 308 g/mol. The molecule has 2 unspecified atom stereocenters. The predicted molar refractivity (Wildman–Crippen MR) is 75.2 cm³/mol. The molecule has 3 aliphatic rings. The van der Waals surface area contributed by atoms with Crippen LogP contribution in [0.1, 0.15) is 33.2 Å². The maximum absolute atomic E-state index is 12.1. The van der Waals surface area contributed by atoms with Crippen LogP contribution in [-0.4, -0.2) is 46.0 Å². The Bertz CT molecular complexity index is 645. The van der Waals surface area contributed by atoms with Gasteiger partial charge in [-0.1, -0.05) is 6.92 Å². The van der Waals surface area contributed by atoms with E-state index in [1.165, 1.54) is 10.8 Å². The summed E-state index contributed by atoms with van der Waals surface area (Å²) in [6.07, 6.45) is 2.82. The Hall–Kier alpha value is -1.28. The van der Waals surface area contributed by atoms with E-state index in [0.717, 1.165) is 6.42 Å². The summed E-state index contributed by atoms with van der Waals surface area (Å²) in [5, 5.41) is 0. The second-order valence-electron chi connectivity index (χ2n) is 6.54. The van der Waals surface area contributed by atoms with Gasteiger partial charge in [0.1, 0.15) is 23.9 Å². The first kappa shape index (κ1) is 14.3. The lowest BCUT2D eigenvalue weighted by Gasteiger charge is -2.42. The van der Waals surface area contributed by atoms with E-state index in [2.05, 4.69) is 4.98 Å². The molecule has 7 heteroatoms. The van der Waals surface area contributed by atoms with Gasteiger partial charge in [-0.25, -0.2) is 9.78 Å². The van der Waals surface area contributed by atoms with Gasteiger partial charge in [-0.3, -0.25) is 4.57 Å². The van der Waals surface area contributed by atoms with Crippen LogP contribution in [0.25, 0.3) is 0 Å². The molecule has 22 heavy (non-hydrogen) atoms. The standard InChI is InChI=1S/C15H20N2O5/c1-4-15-8-19-12(22-15)9(17-7-5-6-16-13(17)18)10-11(15)21-14(2,3)20-10/h5-7,9-12H,4,8H2,1-3H3/t9-,10?,11-,12?,15+/m1/s1. The molecular formula is C15H20N2O5. The van der Waals surface area contributed by atoms with Gasteiger partial charge >= 0.3 is 5.69 Å². The monoisotopic (exact) mass is 308 g/mol. The van der Waals surface area contributed by atoms with E-state index in [9.17, 15) is 4.79 Å². The summed E-state index contributed by atoms with van der Waals surface area (Å²) in [5.41, 5.74) is -0.853. The van der Waals surface area contributed by atoms with Crippen molar-refractivity contribution in [3.8, 4) is 0 Å². The topological polar surface area (TPSA) is 71.8 Å². The van der Waals surface area contributed by atoms with Crippen LogP contribution in [0.5, 0.6) is 0 Å². The van der Waals surface area contributed by atoms with Crippen molar-refractivity contribution in [3.63, 3.8) is 0 Å². The molecule has 3 fully saturated rings. The lowest BCUT2D eigenvalue weighted by Crippen LogP contribution is -2.58. The Kier molecular flexibility index (Phi) is 3.00. The van der Waals surface area contributed by atoms with Crippen LogP contribution in [0.2, 0.25) is 0 Å². The first-order chi connectivity index (χ1) is 10.5. The summed E-state index contributed by atoms with van der Waals surface area (Å²) < 4.78 is 25.7. The van der Waals surface area contributed by atoms with Crippen LogP contribution < -0.4 is 5.69 Å². The number of aromatic nitrogens is 2. The minimum absolute atomic E-state index is 0.275. The third-order valence-corrected chi connectivity index (χ3v) is 4.76. The van der Waals surface area contributed by atoms with Gasteiger partial charge in [0, 0.05) is 12.4 Å². The van der Waals surface area contributed by atoms with Crippen molar-refractivity contribution < 1.29 is 18.9 Å². The van der Waals surface area contributed by atoms with Gasteiger partial charge in [0.25, 0.3) is 0 Å². The number of nitrogens with zero attached hydrogens (tertiary/aromatic N) is 2. The van der Waals surface area contributed by atoms with E-state index in [-0.39, 0.29) is 17.9 Å². The summed E-state index contributed by atoms with van der Waals surface area (Å²) in [5.74, 6) is -0.713. The van der Waals surface area contributed by atoms with Gasteiger partial charge in [-0.05, 0) is 26.3 Å². The van der Waals surface area contributed by atoms with Crippen LogP contribution in [-0.2, 0) is 18.9 Å². The molecule has 4 rings (SSSR count).